The smallest absolute Gasteiger partial charge is 0.274 e. The number of piperazine rings is 1. The van der Waals surface area contributed by atoms with Gasteiger partial charge in [0.1, 0.15) is 5.82 Å². The first kappa shape index (κ1) is 12.8. The van der Waals surface area contributed by atoms with E-state index < -0.39 is 10.7 Å². The fraction of sp³-hybridized carbons (Fsp3) is 0.500. The van der Waals surface area contributed by atoms with Crippen molar-refractivity contribution in [2.75, 3.05) is 31.6 Å². The maximum Gasteiger partial charge on any atom is 0.274 e. The summed E-state index contributed by atoms with van der Waals surface area (Å²) in [6.07, 6.45) is 0. The molecule has 0 amide bonds. The van der Waals surface area contributed by atoms with Crippen molar-refractivity contribution < 1.29 is 9.31 Å². The maximum absolute atomic E-state index is 13.4. The number of hydrogen-bond donors (Lipinski definition) is 0. The molecular formula is C12H16FN3O2. The number of non-ortho nitro benzene ring substituents is 1. The number of anilines is 1. The first-order valence-corrected chi connectivity index (χ1v) is 5.87. The Morgan fingerprint density at radius 1 is 1.39 bits per heavy atom. The second kappa shape index (κ2) is 4.89. The highest BCUT2D eigenvalue weighted by Crippen LogP contribution is 2.26. The van der Waals surface area contributed by atoms with E-state index in [9.17, 15) is 14.5 Å². The predicted octanol–water partition coefficient (Wildman–Crippen LogP) is 1.87. The van der Waals surface area contributed by atoms with Crippen molar-refractivity contribution in [3.63, 3.8) is 0 Å². The van der Waals surface area contributed by atoms with E-state index in [-0.39, 0.29) is 11.7 Å². The highest BCUT2D eigenvalue weighted by molar-refractivity contribution is 5.54. The molecule has 0 aromatic heterocycles. The average Bonchev–Trinajstić information content (AvgIpc) is 2.27. The standard InChI is InChI=1S/C12H16FN3O2/c1-9-8-14(2)3-4-15(9)11-5-10(13)6-12(7-11)16(17)18/h5-7,9H,3-4,8H2,1-2H3. The van der Waals surface area contributed by atoms with Gasteiger partial charge in [-0.1, -0.05) is 0 Å². The summed E-state index contributed by atoms with van der Waals surface area (Å²) in [6, 6.07) is 3.95. The number of nitrogens with zero attached hydrogens (tertiary/aromatic N) is 3. The Morgan fingerprint density at radius 2 is 2.11 bits per heavy atom. The van der Waals surface area contributed by atoms with Gasteiger partial charge in [0, 0.05) is 37.4 Å². The molecule has 1 saturated heterocycles. The van der Waals surface area contributed by atoms with Crippen LogP contribution in [0, 0.1) is 15.9 Å². The zero-order chi connectivity index (χ0) is 13.3. The summed E-state index contributed by atoms with van der Waals surface area (Å²) in [7, 11) is 2.03. The van der Waals surface area contributed by atoms with Crippen LogP contribution >= 0.6 is 0 Å². The van der Waals surface area contributed by atoms with Crippen LogP contribution in [0.3, 0.4) is 0 Å². The van der Waals surface area contributed by atoms with Crippen LogP contribution in [-0.2, 0) is 0 Å². The number of nitro benzene ring substituents is 1. The van der Waals surface area contributed by atoms with Crippen LogP contribution < -0.4 is 4.90 Å². The lowest BCUT2D eigenvalue weighted by atomic mass is 10.1. The number of benzene rings is 1. The third-order valence-corrected chi connectivity index (χ3v) is 3.24. The molecule has 0 radical (unpaired) electrons. The second-order valence-corrected chi connectivity index (χ2v) is 4.73. The number of hydrogen-bond acceptors (Lipinski definition) is 4. The molecule has 0 bridgehead atoms. The first-order chi connectivity index (χ1) is 8.47. The lowest BCUT2D eigenvalue weighted by molar-refractivity contribution is -0.385. The Kier molecular flexibility index (Phi) is 3.47. The van der Waals surface area contributed by atoms with Gasteiger partial charge in [-0.2, -0.15) is 0 Å². The molecule has 1 atom stereocenters. The van der Waals surface area contributed by atoms with Crippen molar-refractivity contribution in [2.45, 2.75) is 13.0 Å². The molecule has 5 nitrogen and oxygen atoms in total. The van der Waals surface area contributed by atoms with Crippen molar-refractivity contribution in [2.24, 2.45) is 0 Å². The van der Waals surface area contributed by atoms with Gasteiger partial charge in [0.2, 0.25) is 0 Å². The number of rotatable bonds is 2. The largest absolute Gasteiger partial charge is 0.366 e. The van der Waals surface area contributed by atoms with Crippen molar-refractivity contribution in [1.29, 1.82) is 0 Å². The van der Waals surface area contributed by atoms with Gasteiger partial charge in [-0.15, -0.1) is 0 Å². The molecule has 0 N–H and O–H groups in total. The van der Waals surface area contributed by atoms with E-state index in [0.29, 0.717) is 5.69 Å². The summed E-state index contributed by atoms with van der Waals surface area (Å²) in [5.74, 6) is -0.565. The van der Waals surface area contributed by atoms with Gasteiger partial charge in [-0.25, -0.2) is 4.39 Å². The minimum absolute atomic E-state index is 0.198. The molecule has 1 fully saturated rings. The Balaban J connectivity index is 2.30. The van der Waals surface area contributed by atoms with Gasteiger partial charge in [0.25, 0.3) is 5.69 Å². The molecule has 0 saturated carbocycles. The Morgan fingerprint density at radius 3 is 2.72 bits per heavy atom. The quantitative estimate of drug-likeness (QED) is 0.596. The van der Waals surface area contributed by atoms with Crippen LogP contribution in [0.1, 0.15) is 6.92 Å². The lowest BCUT2D eigenvalue weighted by Gasteiger charge is -2.39. The van der Waals surface area contributed by atoms with Crippen LogP contribution in [0.25, 0.3) is 0 Å². The summed E-state index contributed by atoms with van der Waals surface area (Å²) < 4.78 is 13.4. The molecule has 98 valence electrons. The molecule has 1 aromatic carbocycles. The molecule has 6 heteroatoms. The molecule has 1 aliphatic heterocycles. The normalized spacial score (nSPS) is 21.1. The highest BCUT2D eigenvalue weighted by atomic mass is 19.1. The van der Waals surface area contributed by atoms with Crippen LogP contribution in [-0.4, -0.2) is 42.5 Å². The summed E-state index contributed by atoms with van der Waals surface area (Å²) in [4.78, 5) is 14.4. The van der Waals surface area contributed by atoms with Gasteiger partial charge in [0.15, 0.2) is 0 Å². The van der Waals surface area contributed by atoms with Crippen LogP contribution in [0.2, 0.25) is 0 Å². The lowest BCUT2D eigenvalue weighted by Crippen LogP contribution is -2.50. The molecule has 0 aliphatic carbocycles. The van der Waals surface area contributed by atoms with Crippen LogP contribution in [0.5, 0.6) is 0 Å². The average molecular weight is 253 g/mol. The van der Waals surface area contributed by atoms with Gasteiger partial charge in [-0.3, -0.25) is 10.1 Å². The topological polar surface area (TPSA) is 49.6 Å². The van der Waals surface area contributed by atoms with E-state index in [4.69, 9.17) is 0 Å². The maximum atomic E-state index is 13.4. The monoisotopic (exact) mass is 253 g/mol. The summed E-state index contributed by atoms with van der Waals surface area (Å²) in [5.41, 5.74) is 0.387. The van der Waals surface area contributed by atoms with Gasteiger partial charge in [-0.05, 0) is 20.0 Å². The van der Waals surface area contributed by atoms with E-state index >= 15 is 0 Å². The Bertz CT molecular complexity index is 467. The number of nitro groups is 1. The van der Waals surface area contributed by atoms with E-state index in [1.54, 1.807) is 0 Å². The van der Waals surface area contributed by atoms with Crippen LogP contribution in [0.4, 0.5) is 15.8 Å². The molecule has 18 heavy (non-hydrogen) atoms. The zero-order valence-electron chi connectivity index (χ0n) is 10.5. The summed E-state index contributed by atoms with van der Waals surface area (Å²) in [5, 5.41) is 10.7. The van der Waals surface area contributed by atoms with Crippen molar-refractivity contribution in [3.05, 3.63) is 34.1 Å². The van der Waals surface area contributed by atoms with E-state index in [2.05, 4.69) is 4.90 Å². The predicted molar refractivity (Wildman–Crippen MR) is 67.4 cm³/mol. The highest BCUT2D eigenvalue weighted by Gasteiger charge is 2.23. The van der Waals surface area contributed by atoms with Gasteiger partial charge in [0.05, 0.1) is 11.0 Å². The second-order valence-electron chi connectivity index (χ2n) is 4.73. The number of halogens is 1. The SMILES string of the molecule is CC1CN(C)CCN1c1cc(F)cc([N+](=O)[O-])c1. The molecule has 0 spiro atoms. The van der Waals surface area contributed by atoms with Crippen molar-refractivity contribution in [3.8, 4) is 0 Å². The zero-order valence-corrected chi connectivity index (χ0v) is 10.5. The molecular weight excluding hydrogens is 237 g/mol. The third-order valence-electron chi connectivity index (χ3n) is 3.24. The molecule has 1 unspecified atom stereocenters. The molecule has 1 heterocycles. The van der Waals surface area contributed by atoms with E-state index in [1.807, 2.05) is 18.9 Å². The van der Waals surface area contributed by atoms with E-state index in [0.717, 1.165) is 25.7 Å². The first-order valence-electron chi connectivity index (χ1n) is 5.87. The fourth-order valence-corrected chi connectivity index (χ4v) is 2.35. The van der Waals surface area contributed by atoms with Gasteiger partial charge >= 0.3 is 0 Å². The van der Waals surface area contributed by atoms with E-state index in [1.165, 1.54) is 12.1 Å². The summed E-state index contributed by atoms with van der Waals surface area (Å²) >= 11 is 0. The third kappa shape index (κ3) is 2.59. The molecule has 2 rings (SSSR count). The Labute approximate surface area is 105 Å². The number of likely N-dealkylation sites (N-methyl/N-ethyl adjacent to an activating group) is 1. The molecule has 1 aromatic rings. The fourth-order valence-electron chi connectivity index (χ4n) is 2.35. The Hall–Kier alpha value is -1.69. The van der Waals surface area contributed by atoms with Gasteiger partial charge < -0.3 is 9.80 Å². The molecule has 1 aliphatic rings. The van der Waals surface area contributed by atoms with Crippen molar-refractivity contribution in [1.82, 2.24) is 4.90 Å². The minimum atomic E-state index is -0.565. The van der Waals surface area contributed by atoms with Crippen LogP contribution in [0.15, 0.2) is 18.2 Å². The summed E-state index contributed by atoms with van der Waals surface area (Å²) in [6.45, 7) is 4.52. The minimum Gasteiger partial charge on any atom is -0.366 e. The van der Waals surface area contributed by atoms with Crippen molar-refractivity contribution >= 4 is 11.4 Å².